The summed E-state index contributed by atoms with van der Waals surface area (Å²) in [6.07, 6.45) is 7.17. The second-order valence-corrected chi connectivity index (χ2v) is 7.22. The van der Waals surface area contributed by atoms with Crippen LogP contribution < -0.4 is 5.32 Å². The van der Waals surface area contributed by atoms with E-state index in [2.05, 4.69) is 34.6 Å². The van der Waals surface area contributed by atoms with Crippen LogP contribution in [0.1, 0.15) is 22.7 Å². The molecule has 0 saturated heterocycles. The third kappa shape index (κ3) is 3.35. The second-order valence-electron chi connectivity index (χ2n) is 7.22. The fraction of sp³-hybridized carbons (Fsp3) is 0.120. The number of nitrogens with zero attached hydrogens (tertiary/aromatic N) is 2. The van der Waals surface area contributed by atoms with Gasteiger partial charge in [0.25, 0.3) is 0 Å². The summed E-state index contributed by atoms with van der Waals surface area (Å²) in [6.45, 7) is 0.702. The van der Waals surface area contributed by atoms with Crippen molar-refractivity contribution in [1.82, 2.24) is 14.7 Å². The monoisotopic (exact) mass is 395 g/mol. The molecule has 4 aromatic rings. The van der Waals surface area contributed by atoms with Crippen LogP contribution in [-0.4, -0.2) is 28.6 Å². The van der Waals surface area contributed by atoms with Gasteiger partial charge < -0.3 is 14.5 Å². The Morgan fingerprint density at radius 1 is 1.00 bits per heavy atom. The highest BCUT2D eigenvalue weighted by atomic mass is 16.5. The Hall–Kier alpha value is -3.86. The molecule has 1 aliphatic carbocycles. The number of aromatic nitrogens is 2. The Morgan fingerprint density at radius 3 is 2.47 bits per heavy atom. The van der Waals surface area contributed by atoms with Gasteiger partial charge in [-0.25, -0.2) is 9.78 Å². The maximum atomic E-state index is 12.2. The molecule has 0 fully saturated rings. The first-order chi connectivity index (χ1) is 14.8. The summed E-state index contributed by atoms with van der Waals surface area (Å²) in [5, 5.41) is 2.79. The molecule has 1 N–H and O–H groups in total. The molecule has 0 unspecified atom stereocenters. The van der Waals surface area contributed by atoms with Crippen LogP contribution in [0.2, 0.25) is 0 Å². The average Bonchev–Trinajstić information content (AvgIpc) is 3.34. The molecular weight excluding hydrogens is 374 g/mol. The van der Waals surface area contributed by atoms with Gasteiger partial charge in [0.05, 0.1) is 11.9 Å². The molecule has 1 aliphatic rings. The maximum absolute atomic E-state index is 12.2. The molecule has 5 nitrogen and oxygen atoms in total. The van der Waals surface area contributed by atoms with E-state index in [1.54, 1.807) is 6.20 Å². The molecule has 2 aromatic carbocycles. The van der Waals surface area contributed by atoms with E-state index in [-0.39, 0.29) is 5.92 Å². The van der Waals surface area contributed by atoms with Crippen LogP contribution in [0.15, 0.2) is 85.2 Å². The maximum Gasteiger partial charge on any atom is 0.407 e. The number of hydrogen-bond acceptors (Lipinski definition) is 3. The Kier molecular flexibility index (Phi) is 4.77. The SMILES string of the molecule is O=C(NCC=Cc1cnc2ccccn12)OCC1c2ccccc2-c2ccccc21. The van der Waals surface area contributed by atoms with Gasteiger partial charge >= 0.3 is 6.09 Å². The van der Waals surface area contributed by atoms with Gasteiger partial charge in [-0.05, 0) is 40.5 Å². The van der Waals surface area contributed by atoms with Crippen molar-refractivity contribution in [2.45, 2.75) is 5.92 Å². The van der Waals surface area contributed by atoms with Crippen LogP contribution in [0.5, 0.6) is 0 Å². The quantitative estimate of drug-likeness (QED) is 0.524. The van der Waals surface area contributed by atoms with Crippen LogP contribution in [0.25, 0.3) is 22.9 Å². The smallest absolute Gasteiger partial charge is 0.407 e. The molecule has 0 spiro atoms. The highest BCUT2D eigenvalue weighted by Crippen LogP contribution is 2.44. The highest BCUT2D eigenvalue weighted by molar-refractivity contribution is 5.79. The number of nitrogens with one attached hydrogen (secondary N) is 1. The zero-order valence-corrected chi connectivity index (χ0v) is 16.4. The van der Waals surface area contributed by atoms with E-state index < -0.39 is 6.09 Å². The predicted molar refractivity (Wildman–Crippen MR) is 117 cm³/mol. The average molecular weight is 395 g/mol. The molecular formula is C25H21N3O2. The molecule has 0 radical (unpaired) electrons. The molecule has 2 heterocycles. The lowest BCUT2D eigenvalue weighted by atomic mass is 9.98. The van der Waals surface area contributed by atoms with Crippen LogP contribution in [-0.2, 0) is 4.74 Å². The van der Waals surface area contributed by atoms with E-state index in [0.717, 1.165) is 11.3 Å². The fourth-order valence-corrected chi connectivity index (χ4v) is 4.05. The summed E-state index contributed by atoms with van der Waals surface area (Å²) in [6, 6.07) is 22.5. The van der Waals surface area contributed by atoms with Crippen molar-refractivity contribution >= 4 is 17.8 Å². The zero-order chi connectivity index (χ0) is 20.3. The number of ether oxygens (including phenoxy) is 1. The number of imidazole rings is 1. The lowest BCUT2D eigenvalue weighted by Crippen LogP contribution is -2.26. The van der Waals surface area contributed by atoms with Crippen molar-refractivity contribution in [3.63, 3.8) is 0 Å². The summed E-state index contributed by atoms with van der Waals surface area (Å²) in [4.78, 5) is 16.6. The summed E-state index contributed by atoms with van der Waals surface area (Å²) in [7, 11) is 0. The molecule has 0 aliphatic heterocycles. The molecule has 5 heteroatoms. The summed E-state index contributed by atoms with van der Waals surface area (Å²) < 4.78 is 7.54. The molecule has 2 aromatic heterocycles. The van der Waals surface area contributed by atoms with Gasteiger partial charge in [-0.2, -0.15) is 0 Å². The largest absolute Gasteiger partial charge is 0.449 e. The Balaban J connectivity index is 1.19. The van der Waals surface area contributed by atoms with Gasteiger partial charge in [0, 0.05) is 18.7 Å². The first-order valence-electron chi connectivity index (χ1n) is 9.99. The first-order valence-corrected chi connectivity index (χ1v) is 9.99. The van der Waals surface area contributed by atoms with Crippen molar-refractivity contribution in [2.75, 3.05) is 13.2 Å². The van der Waals surface area contributed by atoms with E-state index in [9.17, 15) is 4.79 Å². The van der Waals surface area contributed by atoms with E-state index in [0.29, 0.717) is 13.2 Å². The minimum absolute atomic E-state index is 0.0665. The number of carbonyl (C=O) groups excluding carboxylic acids is 1. The van der Waals surface area contributed by atoms with Crippen molar-refractivity contribution in [3.8, 4) is 11.1 Å². The summed E-state index contributed by atoms with van der Waals surface area (Å²) >= 11 is 0. The lowest BCUT2D eigenvalue weighted by molar-refractivity contribution is 0.144. The van der Waals surface area contributed by atoms with Gasteiger partial charge in [0.1, 0.15) is 12.3 Å². The molecule has 0 bridgehead atoms. The van der Waals surface area contributed by atoms with E-state index in [4.69, 9.17) is 4.74 Å². The van der Waals surface area contributed by atoms with Crippen LogP contribution >= 0.6 is 0 Å². The number of alkyl carbamates (subject to hydrolysis) is 1. The fourth-order valence-electron chi connectivity index (χ4n) is 4.05. The highest BCUT2D eigenvalue weighted by Gasteiger charge is 2.28. The normalized spacial score (nSPS) is 12.8. The van der Waals surface area contributed by atoms with Gasteiger partial charge in [-0.1, -0.05) is 60.7 Å². The van der Waals surface area contributed by atoms with Crippen LogP contribution in [0.4, 0.5) is 4.79 Å². The Morgan fingerprint density at radius 2 is 1.70 bits per heavy atom. The van der Waals surface area contributed by atoms with Crippen molar-refractivity contribution in [1.29, 1.82) is 0 Å². The van der Waals surface area contributed by atoms with Crippen molar-refractivity contribution in [2.24, 2.45) is 0 Å². The topological polar surface area (TPSA) is 55.6 Å². The molecule has 148 valence electrons. The Labute approximate surface area is 174 Å². The van der Waals surface area contributed by atoms with Gasteiger partial charge in [-0.3, -0.25) is 0 Å². The van der Waals surface area contributed by atoms with Gasteiger partial charge in [-0.15, -0.1) is 0 Å². The number of pyridine rings is 1. The molecule has 0 saturated carbocycles. The molecule has 5 rings (SSSR count). The molecule has 30 heavy (non-hydrogen) atoms. The number of fused-ring (bicyclic) bond motifs is 4. The predicted octanol–water partition coefficient (Wildman–Crippen LogP) is 4.89. The third-order valence-corrected chi connectivity index (χ3v) is 5.44. The number of carbonyl (C=O) groups is 1. The molecule has 1 amide bonds. The minimum Gasteiger partial charge on any atom is -0.449 e. The third-order valence-electron chi connectivity index (χ3n) is 5.44. The summed E-state index contributed by atoms with van der Waals surface area (Å²) in [5.74, 6) is 0.0665. The minimum atomic E-state index is -0.417. The number of amides is 1. The second kappa shape index (κ2) is 7.87. The van der Waals surface area contributed by atoms with Crippen LogP contribution in [0.3, 0.4) is 0 Å². The van der Waals surface area contributed by atoms with E-state index >= 15 is 0 Å². The van der Waals surface area contributed by atoms with Gasteiger partial charge in [0.2, 0.25) is 0 Å². The Bertz CT molecular complexity index is 1200. The number of rotatable bonds is 5. The van der Waals surface area contributed by atoms with Gasteiger partial charge in [0.15, 0.2) is 0 Å². The summed E-state index contributed by atoms with van der Waals surface area (Å²) in [5.41, 5.74) is 6.70. The van der Waals surface area contributed by atoms with Crippen LogP contribution in [0, 0.1) is 0 Å². The van der Waals surface area contributed by atoms with E-state index in [1.807, 2.05) is 65.2 Å². The first kappa shape index (κ1) is 18.2. The van der Waals surface area contributed by atoms with E-state index in [1.165, 1.54) is 22.3 Å². The zero-order valence-electron chi connectivity index (χ0n) is 16.4. The standard InChI is InChI=1S/C25H21N3O2/c29-25(26-14-7-8-18-16-27-24-13-5-6-15-28(18)24)30-17-23-21-11-3-1-9-19(21)20-10-2-4-12-22(20)23/h1-13,15-16,23H,14,17H2,(H,26,29). The number of benzene rings is 2. The lowest BCUT2D eigenvalue weighted by Gasteiger charge is -2.14. The van der Waals surface area contributed by atoms with Crippen molar-refractivity contribution in [3.05, 3.63) is 102 Å². The number of hydrogen-bond donors (Lipinski definition) is 1. The van der Waals surface area contributed by atoms with Crippen molar-refractivity contribution < 1.29 is 9.53 Å². The molecule has 0 atom stereocenters.